The minimum atomic E-state index is -4.43. The van der Waals surface area contributed by atoms with Gasteiger partial charge in [-0.1, -0.05) is 55.5 Å². The maximum absolute atomic E-state index is 13.7. The maximum atomic E-state index is 13.7. The summed E-state index contributed by atoms with van der Waals surface area (Å²) in [6.07, 6.45) is 7.32. The van der Waals surface area contributed by atoms with Crippen LogP contribution in [0.4, 0.5) is 5.69 Å². The third-order valence-corrected chi connectivity index (χ3v) is 7.90. The molecule has 0 bridgehead atoms. The molecular weight excluding hydrogens is 442 g/mol. The molecular formula is C24H29N3O5S. The molecule has 3 rings (SSSR count). The van der Waals surface area contributed by atoms with Crippen LogP contribution in [0.1, 0.15) is 19.4 Å². The molecule has 0 spiro atoms. The third-order valence-electron chi connectivity index (χ3n) is 5.65. The van der Waals surface area contributed by atoms with Crippen molar-refractivity contribution in [1.82, 2.24) is 9.88 Å². The number of ether oxygens (including phenoxy) is 1. The quantitative estimate of drug-likeness (QED) is 0.604. The first-order valence-corrected chi connectivity index (χ1v) is 12.1. The Labute approximate surface area is 194 Å². The minimum Gasteiger partial charge on any atom is -0.481 e. The van der Waals surface area contributed by atoms with Gasteiger partial charge in [0.05, 0.1) is 19.0 Å². The number of aliphatic hydroxyl groups is 1. The highest BCUT2D eigenvalue weighted by molar-refractivity contribution is 7.94. The molecule has 0 saturated carbocycles. The first-order valence-electron chi connectivity index (χ1n) is 10.7. The molecule has 1 aromatic carbocycles. The van der Waals surface area contributed by atoms with Crippen molar-refractivity contribution in [2.45, 2.75) is 25.3 Å². The van der Waals surface area contributed by atoms with E-state index in [4.69, 9.17) is 4.74 Å². The van der Waals surface area contributed by atoms with E-state index in [0.717, 1.165) is 9.87 Å². The number of aromatic nitrogens is 1. The SMILES string of the molecule is CCN(Cc1ccccc1)C(=O)CN(c1ccc(OC)nc1)S(=O)(=O)C1(O)C=CC=CC1C. The zero-order chi connectivity index (χ0) is 24.1. The Bertz CT molecular complexity index is 1120. The van der Waals surface area contributed by atoms with Gasteiger partial charge in [-0.3, -0.25) is 9.10 Å². The average molecular weight is 472 g/mol. The summed E-state index contributed by atoms with van der Waals surface area (Å²) in [6, 6.07) is 12.5. The largest absolute Gasteiger partial charge is 0.481 e. The Hall–Kier alpha value is -3.17. The summed E-state index contributed by atoms with van der Waals surface area (Å²) in [5.41, 5.74) is 1.09. The van der Waals surface area contributed by atoms with Crippen molar-refractivity contribution >= 4 is 21.6 Å². The summed E-state index contributed by atoms with van der Waals surface area (Å²) in [5, 5.41) is 11.2. The molecule has 1 N–H and O–H groups in total. The molecule has 2 unspecified atom stereocenters. The number of benzene rings is 1. The normalized spacial score (nSPS) is 19.8. The highest BCUT2D eigenvalue weighted by Gasteiger charge is 2.49. The molecule has 1 aromatic heterocycles. The number of pyridine rings is 1. The van der Waals surface area contributed by atoms with E-state index in [-0.39, 0.29) is 5.69 Å². The van der Waals surface area contributed by atoms with Crippen LogP contribution in [0.3, 0.4) is 0 Å². The summed E-state index contributed by atoms with van der Waals surface area (Å²) >= 11 is 0. The van der Waals surface area contributed by atoms with Crippen LogP contribution in [0.15, 0.2) is 73.0 Å². The molecule has 0 saturated heterocycles. The fourth-order valence-electron chi connectivity index (χ4n) is 3.57. The topological polar surface area (TPSA) is 100 Å². The first-order chi connectivity index (χ1) is 15.7. The van der Waals surface area contributed by atoms with Crippen molar-refractivity contribution in [2.75, 3.05) is 24.5 Å². The number of allylic oxidation sites excluding steroid dienone is 2. The van der Waals surface area contributed by atoms with E-state index in [1.807, 2.05) is 37.3 Å². The minimum absolute atomic E-state index is 0.156. The molecule has 8 nitrogen and oxygen atoms in total. The Kier molecular flexibility index (Phi) is 7.55. The van der Waals surface area contributed by atoms with Gasteiger partial charge in [0, 0.05) is 25.1 Å². The van der Waals surface area contributed by atoms with Crippen LogP contribution in [0.2, 0.25) is 0 Å². The van der Waals surface area contributed by atoms with Gasteiger partial charge in [0.15, 0.2) is 0 Å². The fourth-order valence-corrected chi connectivity index (χ4v) is 5.39. The van der Waals surface area contributed by atoms with Crippen LogP contribution in [0.25, 0.3) is 0 Å². The molecule has 2 aromatic rings. The predicted molar refractivity (Wildman–Crippen MR) is 127 cm³/mol. The van der Waals surface area contributed by atoms with E-state index in [2.05, 4.69) is 4.98 Å². The van der Waals surface area contributed by atoms with Crippen molar-refractivity contribution < 1.29 is 23.1 Å². The Morgan fingerprint density at radius 3 is 2.48 bits per heavy atom. The highest BCUT2D eigenvalue weighted by atomic mass is 32.2. The number of carbonyl (C=O) groups is 1. The number of rotatable bonds is 9. The van der Waals surface area contributed by atoms with Crippen molar-refractivity contribution in [3.05, 3.63) is 78.5 Å². The van der Waals surface area contributed by atoms with Crippen molar-refractivity contribution in [1.29, 1.82) is 0 Å². The monoisotopic (exact) mass is 471 g/mol. The zero-order valence-electron chi connectivity index (χ0n) is 19.0. The number of hydrogen-bond donors (Lipinski definition) is 1. The van der Waals surface area contributed by atoms with E-state index < -0.39 is 33.3 Å². The lowest BCUT2D eigenvalue weighted by Gasteiger charge is -2.37. The lowest BCUT2D eigenvalue weighted by Crippen LogP contribution is -2.54. The van der Waals surface area contributed by atoms with Gasteiger partial charge in [-0.2, -0.15) is 0 Å². The molecule has 0 radical (unpaired) electrons. The van der Waals surface area contributed by atoms with Gasteiger partial charge < -0.3 is 14.7 Å². The molecule has 1 aliphatic carbocycles. The molecule has 0 aliphatic heterocycles. The number of methoxy groups -OCH3 is 1. The van der Waals surface area contributed by atoms with Crippen molar-refractivity contribution in [3.63, 3.8) is 0 Å². The molecule has 9 heteroatoms. The number of likely N-dealkylation sites (N-methyl/N-ethyl adjacent to an activating group) is 1. The van der Waals surface area contributed by atoms with Gasteiger partial charge in [0.25, 0.3) is 10.0 Å². The Balaban J connectivity index is 1.97. The average Bonchev–Trinajstić information content (AvgIpc) is 2.83. The van der Waals surface area contributed by atoms with Gasteiger partial charge in [0.1, 0.15) is 6.54 Å². The predicted octanol–water partition coefficient (Wildman–Crippen LogP) is 2.73. The van der Waals surface area contributed by atoms with Crippen LogP contribution < -0.4 is 9.04 Å². The standard InChI is InChI=1S/C24H29N3O5S/c1-4-26(17-20-11-6-5-7-12-20)23(28)18-27(21-13-14-22(32-3)25-16-21)33(30,31)24(29)15-9-8-10-19(24)2/h5-16,19,29H,4,17-18H2,1-3H3. The molecule has 176 valence electrons. The van der Waals surface area contributed by atoms with E-state index in [0.29, 0.717) is 19.0 Å². The van der Waals surface area contributed by atoms with E-state index >= 15 is 0 Å². The summed E-state index contributed by atoms with van der Waals surface area (Å²) in [6.45, 7) is 3.69. The lowest BCUT2D eigenvalue weighted by atomic mass is 9.99. The zero-order valence-corrected chi connectivity index (χ0v) is 19.8. The fraction of sp³-hybridized carbons (Fsp3) is 0.333. The summed E-state index contributed by atoms with van der Waals surface area (Å²) in [4.78, 5) is 16.7. The number of hydrogen-bond acceptors (Lipinski definition) is 6. The van der Waals surface area contributed by atoms with Gasteiger partial charge in [0.2, 0.25) is 16.7 Å². The molecule has 2 atom stereocenters. The number of carbonyl (C=O) groups excluding carboxylic acids is 1. The van der Waals surface area contributed by atoms with E-state index in [1.165, 1.54) is 37.6 Å². The molecule has 0 fully saturated rings. The number of amides is 1. The molecule has 33 heavy (non-hydrogen) atoms. The lowest BCUT2D eigenvalue weighted by molar-refractivity contribution is -0.129. The third kappa shape index (κ3) is 5.09. The number of nitrogens with zero attached hydrogens (tertiary/aromatic N) is 3. The molecule has 1 amide bonds. The van der Waals surface area contributed by atoms with Gasteiger partial charge in [-0.05, 0) is 24.6 Å². The second kappa shape index (κ2) is 10.2. The summed E-state index contributed by atoms with van der Waals surface area (Å²) in [5.74, 6) is -0.815. The Morgan fingerprint density at radius 1 is 1.18 bits per heavy atom. The van der Waals surface area contributed by atoms with Crippen LogP contribution in [0, 0.1) is 5.92 Å². The number of sulfonamides is 1. The highest BCUT2D eigenvalue weighted by Crippen LogP contribution is 2.35. The van der Waals surface area contributed by atoms with E-state index in [1.54, 1.807) is 24.0 Å². The molecule has 1 aliphatic rings. The van der Waals surface area contributed by atoms with Crippen molar-refractivity contribution in [2.24, 2.45) is 5.92 Å². The second-order valence-corrected chi connectivity index (χ2v) is 9.79. The summed E-state index contributed by atoms with van der Waals surface area (Å²) in [7, 11) is -2.98. The smallest absolute Gasteiger partial charge is 0.270 e. The van der Waals surface area contributed by atoms with Crippen LogP contribution in [-0.4, -0.2) is 54.4 Å². The van der Waals surface area contributed by atoms with Crippen LogP contribution >= 0.6 is 0 Å². The molecule has 1 heterocycles. The Morgan fingerprint density at radius 2 is 1.91 bits per heavy atom. The van der Waals surface area contributed by atoms with E-state index in [9.17, 15) is 18.3 Å². The van der Waals surface area contributed by atoms with Gasteiger partial charge in [-0.15, -0.1) is 0 Å². The first kappa shape index (κ1) is 24.5. The second-order valence-electron chi connectivity index (χ2n) is 7.75. The van der Waals surface area contributed by atoms with Crippen LogP contribution in [-0.2, 0) is 21.4 Å². The van der Waals surface area contributed by atoms with Crippen LogP contribution in [0.5, 0.6) is 5.88 Å². The van der Waals surface area contributed by atoms with Gasteiger partial charge in [-0.25, -0.2) is 13.4 Å². The number of anilines is 1. The summed E-state index contributed by atoms with van der Waals surface area (Å²) < 4.78 is 33.5. The van der Waals surface area contributed by atoms with Gasteiger partial charge >= 0.3 is 0 Å². The van der Waals surface area contributed by atoms with Crippen molar-refractivity contribution in [3.8, 4) is 5.88 Å². The maximum Gasteiger partial charge on any atom is 0.270 e.